The Morgan fingerprint density at radius 2 is 2.03 bits per heavy atom. The van der Waals surface area contributed by atoms with Crippen molar-refractivity contribution in [1.29, 1.82) is 0 Å². The van der Waals surface area contributed by atoms with Crippen LogP contribution in [0.1, 0.15) is 61.8 Å². The number of carbonyl (C=O) groups is 2. The molecule has 0 radical (unpaired) electrons. The minimum absolute atomic E-state index is 0.122. The second-order valence-corrected chi connectivity index (χ2v) is 8.04. The summed E-state index contributed by atoms with van der Waals surface area (Å²) in [5.74, 6) is 5.41. The monoisotopic (exact) mass is 429 g/mol. The lowest BCUT2D eigenvalue weighted by Crippen LogP contribution is -2.59. The fourth-order valence-electron chi connectivity index (χ4n) is 4.36. The van der Waals surface area contributed by atoms with Gasteiger partial charge in [-0.1, -0.05) is 12.8 Å². The van der Waals surface area contributed by atoms with Crippen LogP contribution >= 0.6 is 0 Å². The smallest absolute Gasteiger partial charge is 0.331 e. The van der Waals surface area contributed by atoms with Gasteiger partial charge < -0.3 is 19.5 Å². The molecule has 1 amide bonds. The molecule has 1 saturated carbocycles. The molecule has 0 aromatic heterocycles. The van der Waals surface area contributed by atoms with Gasteiger partial charge >= 0.3 is 5.97 Å². The van der Waals surface area contributed by atoms with Crippen molar-refractivity contribution in [2.24, 2.45) is 0 Å². The van der Waals surface area contributed by atoms with Crippen LogP contribution in [0.15, 0.2) is 12.1 Å². The van der Waals surface area contributed by atoms with Gasteiger partial charge in [0.25, 0.3) is 0 Å². The average molecular weight is 430 g/mol. The Morgan fingerprint density at radius 3 is 2.68 bits per heavy atom. The van der Waals surface area contributed by atoms with Crippen LogP contribution in [0, 0.1) is 18.8 Å². The van der Waals surface area contributed by atoms with Crippen LogP contribution in [0.5, 0.6) is 0 Å². The number of rotatable bonds is 9. The first-order valence-corrected chi connectivity index (χ1v) is 10.9. The predicted molar refractivity (Wildman–Crippen MR) is 120 cm³/mol. The van der Waals surface area contributed by atoms with E-state index in [1.54, 1.807) is 7.11 Å². The van der Waals surface area contributed by atoms with Crippen molar-refractivity contribution in [1.82, 2.24) is 5.32 Å². The number of aryl methyl sites for hydroxylation is 2. The number of carbonyl (C=O) groups excluding carboxylic acids is 2. The molecule has 1 N–H and O–H groups in total. The summed E-state index contributed by atoms with van der Waals surface area (Å²) in [5, 5.41) is 3.02. The van der Waals surface area contributed by atoms with Gasteiger partial charge in [-0.05, 0) is 68.4 Å². The minimum Gasteiger partial charge on any atom is -0.467 e. The molecular formula is C25H35NO5. The van der Waals surface area contributed by atoms with Crippen molar-refractivity contribution in [3.8, 4) is 11.8 Å². The molecule has 0 heterocycles. The van der Waals surface area contributed by atoms with Crippen LogP contribution in [-0.4, -0.2) is 51.0 Å². The van der Waals surface area contributed by atoms with Gasteiger partial charge in [0.05, 0.1) is 32.8 Å². The zero-order valence-electron chi connectivity index (χ0n) is 19.4. The molecular weight excluding hydrogens is 394 g/mol. The summed E-state index contributed by atoms with van der Waals surface area (Å²) in [7, 11) is 2.98. The normalized spacial score (nSPS) is 20.5. The summed E-state index contributed by atoms with van der Waals surface area (Å²) in [6, 6.07) is 4.05. The highest BCUT2D eigenvalue weighted by molar-refractivity contribution is 5.89. The maximum absolute atomic E-state index is 13.1. The molecule has 1 fully saturated rings. The van der Waals surface area contributed by atoms with Gasteiger partial charge in [0.1, 0.15) is 5.54 Å². The van der Waals surface area contributed by atoms with Crippen LogP contribution in [0.4, 0.5) is 0 Å². The minimum atomic E-state index is -1.06. The largest absolute Gasteiger partial charge is 0.467 e. The Labute approximate surface area is 186 Å². The van der Waals surface area contributed by atoms with Gasteiger partial charge in [-0.15, -0.1) is 5.92 Å². The number of hydrogen-bond acceptors (Lipinski definition) is 5. The van der Waals surface area contributed by atoms with Gasteiger partial charge in [0.15, 0.2) is 0 Å². The summed E-state index contributed by atoms with van der Waals surface area (Å²) in [5.41, 5.74) is 3.02. The van der Waals surface area contributed by atoms with Crippen LogP contribution < -0.4 is 5.32 Å². The predicted octanol–water partition coefficient (Wildman–Crippen LogP) is 3.10. The fraction of sp³-hybridized carbons (Fsp3) is 0.600. The molecule has 1 aliphatic rings. The topological polar surface area (TPSA) is 73.9 Å². The first kappa shape index (κ1) is 24.9. The van der Waals surface area contributed by atoms with E-state index in [2.05, 4.69) is 24.1 Å². The van der Waals surface area contributed by atoms with Crippen molar-refractivity contribution in [2.75, 3.05) is 27.4 Å². The summed E-state index contributed by atoms with van der Waals surface area (Å²) >= 11 is 0. The zero-order chi connectivity index (χ0) is 22.9. The van der Waals surface area contributed by atoms with E-state index in [4.69, 9.17) is 14.2 Å². The fourth-order valence-corrected chi connectivity index (χ4v) is 4.36. The lowest BCUT2D eigenvalue weighted by molar-refractivity contribution is -0.155. The third-order valence-corrected chi connectivity index (χ3v) is 5.85. The number of nitrogens with one attached hydrogen (secondary N) is 1. The highest BCUT2D eigenvalue weighted by Gasteiger charge is 2.45. The van der Waals surface area contributed by atoms with Crippen LogP contribution in [0.25, 0.3) is 0 Å². The highest BCUT2D eigenvalue weighted by Crippen LogP contribution is 2.32. The third-order valence-electron chi connectivity index (χ3n) is 5.85. The van der Waals surface area contributed by atoms with Crippen molar-refractivity contribution in [2.45, 2.75) is 70.9 Å². The van der Waals surface area contributed by atoms with Gasteiger partial charge in [-0.25, -0.2) is 4.79 Å². The van der Waals surface area contributed by atoms with E-state index in [-0.39, 0.29) is 18.4 Å². The second kappa shape index (κ2) is 11.9. The molecule has 0 spiro atoms. The quantitative estimate of drug-likeness (QED) is 0.371. The summed E-state index contributed by atoms with van der Waals surface area (Å²) in [4.78, 5) is 25.8. The second-order valence-electron chi connectivity index (χ2n) is 8.04. The number of amides is 1. The van der Waals surface area contributed by atoms with Crippen LogP contribution in [0.2, 0.25) is 0 Å². The molecule has 2 atom stereocenters. The van der Waals surface area contributed by atoms with E-state index in [1.165, 1.54) is 7.11 Å². The van der Waals surface area contributed by atoms with Crippen molar-refractivity contribution in [3.63, 3.8) is 0 Å². The Morgan fingerprint density at radius 1 is 1.26 bits per heavy atom. The standard InChI is InChI=1S/C25H35NO5/c1-6-9-19-14-18(3)22(20(7-2)15-19)16-23(27)26-25(24(28)30-5)11-8-10-21(17-25)31-13-12-29-4/h14-15,21H,7-8,10-13,16-17H2,1-5H3,(H,26,27). The molecule has 0 aliphatic heterocycles. The first-order valence-electron chi connectivity index (χ1n) is 10.9. The van der Waals surface area contributed by atoms with Gasteiger partial charge in [0, 0.05) is 19.1 Å². The third kappa shape index (κ3) is 6.56. The van der Waals surface area contributed by atoms with Crippen molar-refractivity contribution >= 4 is 11.9 Å². The van der Waals surface area contributed by atoms with Gasteiger partial charge in [0.2, 0.25) is 5.91 Å². The summed E-state index contributed by atoms with van der Waals surface area (Å²) in [6.45, 7) is 6.83. The van der Waals surface area contributed by atoms with Crippen LogP contribution in [0.3, 0.4) is 0 Å². The molecule has 2 unspecified atom stereocenters. The Hall–Kier alpha value is -2.36. The maximum atomic E-state index is 13.1. The Bertz CT molecular complexity index is 838. The molecule has 2 rings (SSSR count). The van der Waals surface area contributed by atoms with E-state index in [1.807, 2.05) is 26.0 Å². The Kier molecular flexibility index (Phi) is 9.54. The average Bonchev–Trinajstić information content (AvgIpc) is 2.75. The number of ether oxygens (including phenoxy) is 3. The maximum Gasteiger partial charge on any atom is 0.331 e. The molecule has 1 aliphatic carbocycles. The van der Waals surface area contributed by atoms with Gasteiger partial charge in [-0.2, -0.15) is 0 Å². The van der Waals surface area contributed by atoms with Crippen LogP contribution in [-0.2, 0) is 36.6 Å². The lowest BCUT2D eigenvalue weighted by Gasteiger charge is -2.39. The Balaban J connectivity index is 2.20. The van der Waals surface area contributed by atoms with Crippen molar-refractivity contribution in [3.05, 3.63) is 34.4 Å². The number of hydrogen-bond donors (Lipinski definition) is 1. The SMILES string of the molecule is CC#Cc1cc(C)c(CC(=O)NC2(C(=O)OC)CCCC(OCCOC)C2)c(CC)c1. The molecule has 1 aromatic rings. The highest BCUT2D eigenvalue weighted by atomic mass is 16.5. The molecule has 6 heteroatoms. The molecule has 0 bridgehead atoms. The lowest BCUT2D eigenvalue weighted by atomic mass is 9.79. The van der Waals surface area contributed by atoms with Gasteiger partial charge in [-0.3, -0.25) is 4.79 Å². The molecule has 31 heavy (non-hydrogen) atoms. The molecule has 0 saturated heterocycles. The van der Waals surface area contributed by atoms with E-state index in [0.29, 0.717) is 26.1 Å². The van der Waals surface area contributed by atoms with E-state index in [0.717, 1.165) is 41.5 Å². The van der Waals surface area contributed by atoms with E-state index in [9.17, 15) is 9.59 Å². The van der Waals surface area contributed by atoms with E-state index < -0.39 is 11.5 Å². The number of esters is 1. The summed E-state index contributed by atoms with van der Waals surface area (Å²) in [6.07, 6.45) is 3.46. The molecule has 6 nitrogen and oxygen atoms in total. The zero-order valence-corrected chi connectivity index (χ0v) is 19.4. The number of methoxy groups -OCH3 is 2. The molecule has 170 valence electrons. The summed E-state index contributed by atoms with van der Waals surface area (Å²) < 4.78 is 16.0. The molecule has 1 aromatic carbocycles. The van der Waals surface area contributed by atoms with E-state index >= 15 is 0 Å². The van der Waals surface area contributed by atoms with Crippen molar-refractivity contribution < 1.29 is 23.8 Å². The first-order chi connectivity index (χ1) is 14.9. The number of benzene rings is 1.